The van der Waals surface area contributed by atoms with Crippen LogP contribution in [0.4, 0.5) is 15.8 Å². The number of hydrogen-bond acceptors (Lipinski definition) is 5. The van der Waals surface area contributed by atoms with Gasteiger partial charge < -0.3 is 15.0 Å². The van der Waals surface area contributed by atoms with Crippen molar-refractivity contribution in [3.8, 4) is 5.75 Å². The number of nitrogens with zero attached hydrogens (tertiary/aromatic N) is 2. The third-order valence-electron chi connectivity index (χ3n) is 5.87. The molecule has 0 bridgehead atoms. The fraction of sp³-hybridized carbons (Fsp3) is 0.231. The topological polar surface area (TPSA) is 96.0 Å². The van der Waals surface area contributed by atoms with Gasteiger partial charge in [-0.15, -0.1) is 0 Å². The minimum Gasteiger partial charge on any atom is -0.497 e. The van der Waals surface area contributed by atoms with E-state index in [4.69, 9.17) is 4.74 Å². The van der Waals surface area contributed by atoms with Crippen molar-refractivity contribution >= 4 is 33.2 Å². The molecule has 36 heavy (non-hydrogen) atoms. The minimum atomic E-state index is -4.20. The number of methoxy groups -OCH3 is 1. The Hall–Kier alpha value is -3.92. The summed E-state index contributed by atoms with van der Waals surface area (Å²) >= 11 is 0. The summed E-state index contributed by atoms with van der Waals surface area (Å²) in [6.45, 7) is 0.714. The lowest BCUT2D eigenvalue weighted by Crippen LogP contribution is -2.38. The van der Waals surface area contributed by atoms with Gasteiger partial charge in [0, 0.05) is 13.1 Å². The van der Waals surface area contributed by atoms with Gasteiger partial charge in [-0.2, -0.15) is 0 Å². The van der Waals surface area contributed by atoms with Crippen LogP contribution < -0.4 is 14.4 Å². The first-order valence-corrected chi connectivity index (χ1v) is 12.8. The summed E-state index contributed by atoms with van der Waals surface area (Å²) in [6.07, 6.45) is 1.85. The Morgan fingerprint density at radius 1 is 0.972 bits per heavy atom. The van der Waals surface area contributed by atoms with E-state index in [-0.39, 0.29) is 16.5 Å². The van der Waals surface area contributed by atoms with E-state index in [1.807, 2.05) is 0 Å². The molecule has 0 spiro atoms. The number of ether oxygens (including phenoxy) is 1. The fourth-order valence-corrected chi connectivity index (χ4v) is 5.41. The van der Waals surface area contributed by atoms with Gasteiger partial charge in [-0.05, 0) is 73.5 Å². The summed E-state index contributed by atoms with van der Waals surface area (Å²) in [6, 6.07) is 17.2. The van der Waals surface area contributed by atoms with Crippen molar-refractivity contribution in [2.75, 3.05) is 36.4 Å². The van der Waals surface area contributed by atoms with E-state index >= 15 is 0 Å². The van der Waals surface area contributed by atoms with Crippen molar-refractivity contribution in [2.24, 2.45) is 0 Å². The zero-order valence-corrected chi connectivity index (χ0v) is 20.5. The lowest BCUT2D eigenvalue weighted by atomic mass is 10.1. The van der Waals surface area contributed by atoms with Gasteiger partial charge in [-0.25, -0.2) is 12.8 Å². The van der Waals surface area contributed by atoms with Gasteiger partial charge in [0.05, 0.1) is 28.9 Å². The smallest absolute Gasteiger partial charge is 0.264 e. The van der Waals surface area contributed by atoms with E-state index in [2.05, 4.69) is 5.32 Å². The molecule has 188 valence electrons. The third kappa shape index (κ3) is 5.49. The second kappa shape index (κ2) is 10.8. The van der Waals surface area contributed by atoms with Gasteiger partial charge in [0.25, 0.3) is 15.9 Å². The van der Waals surface area contributed by atoms with Crippen molar-refractivity contribution in [1.29, 1.82) is 0 Å². The molecule has 3 aromatic carbocycles. The number of rotatable bonds is 8. The molecule has 3 aromatic rings. The number of carbonyl (C=O) groups is 2. The summed E-state index contributed by atoms with van der Waals surface area (Å²) < 4.78 is 46.6. The number of likely N-dealkylation sites (tertiary alicyclic amines) is 1. The fourth-order valence-electron chi connectivity index (χ4n) is 3.99. The van der Waals surface area contributed by atoms with Gasteiger partial charge in [0.1, 0.15) is 18.1 Å². The van der Waals surface area contributed by atoms with Gasteiger partial charge in [0.2, 0.25) is 5.91 Å². The predicted octanol–water partition coefficient (Wildman–Crippen LogP) is 3.90. The second-order valence-electron chi connectivity index (χ2n) is 8.26. The zero-order valence-electron chi connectivity index (χ0n) is 19.7. The molecule has 0 unspecified atom stereocenters. The maximum absolute atomic E-state index is 13.6. The molecule has 1 saturated heterocycles. The lowest BCUT2D eigenvalue weighted by molar-refractivity contribution is -0.114. The Morgan fingerprint density at radius 2 is 1.61 bits per heavy atom. The van der Waals surface area contributed by atoms with E-state index < -0.39 is 28.3 Å². The molecule has 8 nitrogen and oxygen atoms in total. The molecule has 0 saturated carbocycles. The molecular formula is C26H26FN3O5S. The van der Waals surface area contributed by atoms with Gasteiger partial charge in [-0.3, -0.25) is 13.9 Å². The van der Waals surface area contributed by atoms with Crippen LogP contribution in [-0.4, -0.2) is 51.9 Å². The highest BCUT2D eigenvalue weighted by Gasteiger charge is 2.28. The van der Waals surface area contributed by atoms with Crippen LogP contribution in [0.1, 0.15) is 23.2 Å². The summed E-state index contributed by atoms with van der Waals surface area (Å²) in [5, 5.41) is 2.68. The molecule has 4 rings (SSSR count). The highest BCUT2D eigenvalue weighted by atomic mass is 32.2. The normalized spacial score (nSPS) is 13.3. The highest BCUT2D eigenvalue weighted by molar-refractivity contribution is 7.92. The number of benzene rings is 3. The quantitative estimate of drug-likeness (QED) is 0.495. The van der Waals surface area contributed by atoms with Crippen LogP contribution in [0, 0.1) is 5.82 Å². The van der Waals surface area contributed by atoms with Crippen LogP contribution >= 0.6 is 0 Å². The second-order valence-corrected chi connectivity index (χ2v) is 10.1. The number of halogens is 1. The van der Waals surface area contributed by atoms with Crippen molar-refractivity contribution < 1.29 is 27.1 Å². The van der Waals surface area contributed by atoms with E-state index in [1.165, 1.54) is 43.5 Å². The van der Waals surface area contributed by atoms with E-state index in [9.17, 15) is 22.4 Å². The average Bonchev–Trinajstić information content (AvgIpc) is 3.43. The van der Waals surface area contributed by atoms with Crippen LogP contribution in [-0.2, 0) is 14.8 Å². The van der Waals surface area contributed by atoms with Crippen molar-refractivity contribution in [3.05, 3.63) is 84.2 Å². The van der Waals surface area contributed by atoms with Crippen molar-refractivity contribution in [2.45, 2.75) is 17.7 Å². The number of amides is 2. The molecule has 0 radical (unpaired) electrons. The number of hydrogen-bond donors (Lipinski definition) is 1. The highest BCUT2D eigenvalue weighted by Crippen LogP contribution is 2.26. The largest absolute Gasteiger partial charge is 0.497 e. The Bertz CT molecular complexity index is 1340. The Balaban J connectivity index is 1.62. The minimum absolute atomic E-state index is 0.0648. The molecular weight excluding hydrogens is 485 g/mol. The SMILES string of the molecule is COc1ccc(S(=O)(=O)N(CC(=O)Nc2ccccc2C(=O)N2CCCC2)c2ccc(F)cc2)cc1. The third-order valence-corrected chi connectivity index (χ3v) is 7.66. The molecule has 10 heteroatoms. The number of anilines is 2. The molecule has 1 N–H and O–H groups in total. The van der Waals surface area contributed by atoms with E-state index in [1.54, 1.807) is 29.2 Å². The number of para-hydroxylation sites is 1. The molecule has 1 aliphatic heterocycles. The Labute approximate surface area is 209 Å². The molecule has 0 aromatic heterocycles. The van der Waals surface area contributed by atoms with Crippen LogP contribution in [0.2, 0.25) is 0 Å². The lowest BCUT2D eigenvalue weighted by Gasteiger charge is -2.24. The first-order chi connectivity index (χ1) is 17.3. The molecule has 1 heterocycles. The summed E-state index contributed by atoms with van der Waals surface area (Å²) in [7, 11) is -2.74. The Morgan fingerprint density at radius 3 is 2.25 bits per heavy atom. The van der Waals surface area contributed by atoms with Crippen LogP contribution in [0.25, 0.3) is 0 Å². The van der Waals surface area contributed by atoms with Crippen molar-refractivity contribution in [1.82, 2.24) is 4.90 Å². The molecule has 0 aliphatic carbocycles. The predicted molar refractivity (Wildman–Crippen MR) is 134 cm³/mol. The standard InChI is InChI=1S/C26H26FN3O5S/c1-35-21-12-14-22(15-13-21)36(33,34)30(20-10-8-19(27)9-11-20)18-25(31)28-24-7-3-2-6-23(24)26(32)29-16-4-5-17-29/h2-3,6-15H,4-5,16-18H2,1H3,(H,28,31). The molecule has 2 amide bonds. The van der Waals surface area contributed by atoms with Gasteiger partial charge in [-0.1, -0.05) is 12.1 Å². The van der Waals surface area contributed by atoms with Crippen LogP contribution in [0.3, 0.4) is 0 Å². The monoisotopic (exact) mass is 511 g/mol. The summed E-state index contributed by atoms with van der Waals surface area (Å²) in [5.41, 5.74) is 0.739. The number of sulfonamides is 1. The number of carbonyl (C=O) groups excluding carboxylic acids is 2. The maximum Gasteiger partial charge on any atom is 0.264 e. The summed E-state index contributed by atoms with van der Waals surface area (Å²) in [5.74, 6) is -0.915. The Kier molecular flexibility index (Phi) is 7.54. The zero-order chi connectivity index (χ0) is 25.7. The van der Waals surface area contributed by atoms with E-state index in [0.29, 0.717) is 30.1 Å². The summed E-state index contributed by atoms with van der Waals surface area (Å²) in [4.78, 5) is 27.7. The molecule has 1 aliphatic rings. The first kappa shape index (κ1) is 25.2. The van der Waals surface area contributed by atoms with Crippen LogP contribution in [0.15, 0.2) is 77.7 Å². The van der Waals surface area contributed by atoms with Gasteiger partial charge >= 0.3 is 0 Å². The van der Waals surface area contributed by atoms with Gasteiger partial charge in [0.15, 0.2) is 0 Å². The van der Waals surface area contributed by atoms with Crippen LogP contribution in [0.5, 0.6) is 5.75 Å². The first-order valence-electron chi connectivity index (χ1n) is 11.4. The number of nitrogens with one attached hydrogen (secondary N) is 1. The molecule has 1 fully saturated rings. The maximum atomic E-state index is 13.6. The van der Waals surface area contributed by atoms with E-state index in [0.717, 1.165) is 29.3 Å². The van der Waals surface area contributed by atoms with Crippen molar-refractivity contribution in [3.63, 3.8) is 0 Å². The average molecular weight is 512 g/mol. The molecule has 0 atom stereocenters.